The Morgan fingerprint density at radius 3 is 2.05 bits per heavy atom. The van der Waals surface area contributed by atoms with Crippen molar-refractivity contribution < 1.29 is 14.3 Å². The summed E-state index contributed by atoms with van der Waals surface area (Å²) in [4.78, 5) is 36.0. The molecule has 3 aliphatic rings. The molecule has 7 atom stereocenters. The number of aryl methyl sites for hydroxylation is 1. The van der Waals surface area contributed by atoms with Crippen LogP contribution in [0.3, 0.4) is 0 Å². The van der Waals surface area contributed by atoms with Crippen molar-refractivity contribution in [1.82, 2.24) is 14.8 Å². The predicted molar refractivity (Wildman–Crippen MR) is 280 cm³/mol. The normalized spacial score (nSPS) is 20.2. The lowest BCUT2D eigenvalue weighted by Gasteiger charge is -2.34. The molecule has 364 valence electrons. The number of amides is 2. The Morgan fingerprint density at radius 2 is 1.56 bits per heavy atom. The van der Waals surface area contributed by atoms with E-state index in [0.717, 1.165) is 51.8 Å². The SMILES string of the molecule is C#CC.C#CCCCC(C)C.C=CCCN(C(=O)[C@@H]1CC(OC(C)(C)C)CN1C(=O)C(C)N)[C@@H](C)c1ccc(-c2scnc2C)cc1.CC.CC.CC1CCC2CCC(C1)C2.CCC. The molecule has 2 aliphatic carbocycles. The average Bonchev–Trinajstić information content (AvgIpc) is 3.98. The number of carbonyl (C=O) groups excluding carboxylic acids is 2. The lowest BCUT2D eigenvalue weighted by molar-refractivity contribution is -0.145. The fourth-order valence-corrected chi connectivity index (χ4v) is 9.00. The largest absolute Gasteiger partial charge is 0.371 e. The van der Waals surface area contributed by atoms with Gasteiger partial charge in [-0.15, -0.1) is 42.6 Å². The molecule has 2 amide bonds. The number of fused-ring (bicyclic) bond motifs is 2. The maximum Gasteiger partial charge on any atom is 0.245 e. The molecule has 2 heterocycles. The molecule has 7 nitrogen and oxygen atoms in total. The summed E-state index contributed by atoms with van der Waals surface area (Å²) in [5.41, 5.74) is 10.6. The molecular formula is C56H96N4O3S. The van der Waals surface area contributed by atoms with E-state index in [1.807, 2.05) is 78.8 Å². The number of thiazole rings is 1. The number of ether oxygens (including phenoxy) is 1. The van der Waals surface area contributed by atoms with Gasteiger partial charge in [-0.05, 0) is 109 Å². The molecule has 1 saturated heterocycles. The van der Waals surface area contributed by atoms with Gasteiger partial charge in [0.25, 0.3) is 0 Å². The highest BCUT2D eigenvalue weighted by atomic mass is 32.1. The minimum Gasteiger partial charge on any atom is -0.371 e. The third kappa shape index (κ3) is 24.7. The van der Waals surface area contributed by atoms with E-state index in [4.69, 9.17) is 16.9 Å². The Balaban J connectivity index is 0. The number of aromatic nitrogens is 1. The maximum atomic E-state index is 14.0. The number of likely N-dealkylation sites (tertiary alicyclic amines) is 1. The number of hydrogen-bond acceptors (Lipinski definition) is 6. The molecule has 5 unspecified atom stereocenters. The van der Waals surface area contributed by atoms with E-state index >= 15 is 0 Å². The van der Waals surface area contributed by atoms with Crippen LogP contribution in [-0.4, -0.2) is 63.5 Å². The molecule has 2 aromatic rings. The smallest absolute Gasteiger partial charge is 0.245 e. The second-order valence-corrected chi connectivity index (χ2v) is 19.4. The van der Waals surface area contributed by atoms with E-state index in [1.165, 1.54) is 38.5 Å². The first-order chi connectivity index (χ1) is 30.4. The standard InChI is InChI=1S/C28H40N4O3S.C10H18.C8H14.C3H8.C3H4.2C2H6/c1-8-9-14-31(20(4)21-10-12-22(13-11-21)25-19(3)30-17-36-25)27(34)24-15-23(35-28(5,6)7)16-32(24)26(33)18(2)29;1-8-2-3-9-4-5-10(6-8)7-9;1-4-5-6-7-8(2)3;2*1-3-2;2*1-2/h8,10-13,17-18,20,23-24H,1,9,14-16,29H2,2-7H3;8-10H,2-7H2,1H3;1,8H,5-7H2,2-3H3;3H2,1-2H3;1H,2H3;2*1-2H3/t18?,20-,23?,24-;;;;;;/m0....../s1. The number of nitrogens with zero attached hydrogens (tertiary/aromatic N) is 3. The van der Waals surface area contributed by atoms with Crippen LogP contribution in [0.2, 0.25) is 0 Å². The van der Waals surface area contributed by atoms with E-state index in [0.29, 0.717) is 25.9 Å². The van der Waals surface area contributed by atoms with E-state index in [-0.39, 0.29) is 29.6 Å². The first kappa shape index (κ1) is 62.7. The van der Waals surface area contributed by atoms with Crippen molar-refractivity contribution in [1.29, 1.82) is 0 Å². The lowest BCUT2D eigenvalue weighted by Crippen LogP contribution is -2.52. The third-order valence-electron chi connectivity index (χ3n) is 11.0. The van der Waals surface area contributed by atoms with E-state index in [9.17, 15) is 9.59 Å². The summed E-state index contributed by atoms with van der Waals surface area (Å²) in [6, 6.07) is 6.83. The monoisotopic (exact) mass is 905 g/mol. The zero-order valence-electron chi connectivity index (χ0n) is 43.9. The van der Waals surface area contributed by atoms with Gasteiger partial charge in [0.05, 0.1) is 39.9 Å². The molecule has 0 spiro atoms. The van der Waals surface area contributed by atoms with Gasteiger partial charge in [0.2, 0.25) is 11.8 Å². The Hall–Kier alpha value is -3.43. The third-order valence-corrected chi connectivity index (χ3v) is 12.0. The van der Waals surface area contributed by atoms with Gasteiger partial charge in [0, 0.05) is 25.9 Å². The van der Waals surface area contributed by atoms with Gasteiger partial charge in [0.15, 0.2) is 0 Å². The molecule has 2 N–H and O–H groups in total. The first-order valence-electron chi connectivity index (χ1n) is 24.8. The molecule has 3 fully saturated rings. The zero-order valence-corrected chi connectivity index (χ0v) is 44.7. The number of benzene rings is 1. The van der Waals surface area contributed by atoms with Crippen LogP contribution >= 0.6 is 11.3 Å². The van der Waals surface area contributed by atoms with Crippen LogP contribution < -0.4 is 5.73 Å². The van der Waals surface area contributed by atoms with Crippen molar-refractivity contribution in [3.05, 3.63) is 53.7 Å². The van der Waals surface area contributed by atoms with Gasteiger partial charge < -0.3 is 20.3 Å². The van der Waals surface area contributed by atoms with Crippen molar-refractivity contribution in [3.63, 3.8) is 0 Å². The number of hydrogen-bond donors (Lipinski definition) is 1. The fraction of sp³-hybridized carbons (Fsp3) is 0.696. The number of carbonyl (C=O) groups is 2. The molecule has 1 aromatic carbocycles. The van der Waals surface area contributed by atoms with Crippen molar-refractivity contribution in [2.24, 2.45) is 29.4 Å². The first-order valence-corrected chi connectivity index (χ1v) is 25.7. The van der Waals surface area contributed by atoms with Crippen LogP contribution in [0.1, 0.15) is 198 Å². The van der Waals surface area contributed by atoms with Crippen LogP contribution in [0.15, 0.2) is 42.4 Å². The molecule has 8 heteroatoms. The Labute approximate surface area is 399 Å². The molecule has 1 aliphatic heterocycles. The minimum absolute atomic E-state index is 0.0827. The summed E-state index contributed by atoms with van der Waals surface area (Å²) in [5.74, 6) is 8.67. The average molecular weight is 905 g/mol. The summed E-state index contributed by atoms with van der Waals surface area (Å²) in [7, 11) is 0. The second kappa shape index (κ2) is 35.8. The van der Waals surface area contributed by atoms with E-state index in [2.05, 4.69) is 88.7 Å². The summed E-state index contributed by atoms with van der Waals surface area (Å²) >= 11 is 1.62. The predicted octanol–water partition coefficient (Wildman–Crippen LogP) is 14.5. The molecular weight excluding hydrogens is 809 g/mol. The molecule has 2 bridgehead atoms. The topological polar surface area (TPSA) is 88.8 Å². The van der Waals surface area contributed by atoms with Crippen molar-refractivity contribution in [2.45, 2.75) is 218 Å². The van der Waals surface area contributed by atoms with Crippen LogP contribution in [0.5, 0.6) is 0 Å². The number of rotatable bonds is 12. The Bertz CT molecular complexity index is 1590. The van der Waals surface area contributed by atoms with Crippen LogP contribution in [0.25, 0.3) is 10.4 Å². The number of terminal acetylenes is 2. The highest BCUT2D eigenvalue weighted by Crippen LogP contribution is 2.42. The van der Waals surface area contributed by atoms with Gasteiger partial charge in [0.1, 0.15) is 6.04 Å². The Morgan fingerprint density at radius 1 is 1.00 bits per heavy atom. The van der Waals surface area contributed by atoms with E-state index in [1.54, 1.807) is 49.3 Å². The molecule has 1 aromatic heterocycles. The highest BCUT2D eigenvalue weighted by molar-refractivity contribution is 7.13. The maximum absolute atomic E-state index is 14.0. The second-order valence-electron chi connectivity index (χ2n) is 18.5. The van der Waals surface area contributed by atoms with Gasteiger partial charge in [-0.2, -0.15) is 0 Å². The zero-order chi connectivity index (χ0) is 49.4. The summed E-state index contributed by atoms with van der Waals surface area (Å²) in [6.07, 6.45) is 26.3. The summed E-state index contributed by atoms with van der Waals surface area (Å²) in [5, 5.41) is 0. The van der Waals surface area contributed by atoms with Crippen molar-refractivity contribution in [2.75, 3.05) is 13.1 Å². The van der Waals surface area contributed by atoms with Crippen molar-refractivity contribution in [3.8, 4) is 35.1 Å². The van der Waals surface area contributed by atoms with Gasteiger partial charge in [-0.3, -0.25) is 9.59 Å². The summed E-state index contributed by atoms with van der Waals surface area (Å²) in [6.45, 7) is 37.1. The molecule has 2 saturated carbocycles. The van der Waals surface area contributed by atoms with Crippen LogP contribution in [0.4, 0.5) is 0 Å². The van der Waals surface area contributed by atoms with Gasteiger partial charge in [-0.25, -0.2) is 4.98 Å². The highest BCUT2D eigenvalue weighted by Gasteiger charge is 2.44. The Kier molecular flexibility index (Phi) is 35.0. The fourth-order valence-electron chi connectivity index (χ4n) is 8.18. The van der Waals surface area contributed by atoms with Crippen LogP contribution in [-0.2, 0) is 14.3 Å². The number of nitrogens with two attached hydrogens (primary N) is 1. The molecule has 64 heavy (non-hydrogen) atoms. The number of unbranched alkanes of at least 4 members (excludes halogenated alkanes) is 1. The molecule has 5 rings (SSSR count). The lowest BCUT2D eigenvalue weighted by atomic mass is 9.93. The van der Waals surface area contributed by atoms with Crippen LogP contribution in [0, 0.1) is 55.3 Å². The van der Waals surface area contributed by atoms with Gasteiger partial charge in [-0.1, -0.05) is 131 Å². The minimum atomic E-state index is -0.685. The molecule has 0 radical (unpaired) electrons. The quantitative estimate of drug-likeness (QED) is 0.130. The summed E-state index contributed by atoms with van der Waals surface area (Å²) < 4.78 is 6.18. The van der Waals surface area contributed by atoms with Crippen molar-refractivity contribution >= 4 is 23.2 Å². The van der Waals surface area contributed by atoms with E-state index < -0.39 is 12.1 Å². The van der Waals surface area contributed by atoms with Gasteiger partial charge >= 0.3 is 0 Å².